The van der Waals surface area contributed by atoms with Crippen molar-refractivity contribution >= 4 is 11.7 Å². The maximum atomic E-state index is 11.2. The van der Waals surface area contributed by atoms with Crippen LogP contribution in [-0.4, -0.2) is 28.1 Å². The van der Waals surface area contributed by atoms with E-state index in [-0.39, 0.29) is 17.6 Å². The molecule has 1 aromatic heterocycles. The monoisotopic (exact) mass is 235 g/mol. The van der Waals surface area contributed by atoms with Crippen molar-refractivity contribution in [1.29, 1.82) is 0 Å². The fourth-order valence-electron chi connectivity index (χ4n) is 2.03. The number of rotatable bonds is 3. The highest BCUT2D eigenvalue weighted by atomic mass is 16.3. The lowest BCUT2D eigenvalue weighted by atomic mass is 9.64. The summed E-state index contributed by atoms with van der Waals surface area (Å²) in [5.74, 6) is -0.0109. The van der Waals surface area contributed by atoms with E-state index in [1.54, 1.807) is 18.3 Å². The van der Waals surface area contributed by atoms with Crippen LogP contribution >= 0.6 is 0 Å². The van der Waals surface area contributed by atoms with Gasteiger partial charge in [0.1, 0.15) is 5.82 Å². The second kappa shape index (κ2) is 4.00. The summed E-state index contributed by atoms with van der Waals surface area (Å²) in [4.78, 5) is 15.3. The molecule has 0 radical (unpaired) electrons. The summed E-state index contributed by atoms with van der Waals surface area (Å²) in [6.07, 6.45) is 1.94. The predicted octanol–water partition coefficient (Wildman–Crippen LogP) is 0.752. The van der Waals surface area contributed by atoms with E-state index < -0.39 is 5.91 Å². The van der Waals surface area contributed by atoms with Gasteiger partial charge in [-0.1, -0.05) is 13.8 Å². The van der Waals surface area contributed by atoms with Crippen LogP contribution in [0.5, 0.6) is 0 Å². The Kier molecular flexibility index (Phi) is 2.79. The third-order valence-corrected chi connectivity index (χ3v) is 3.60. The average molecular weight is 235 g/mol. The van der Waals surface area contributed by atoms with Crippen LogP contribution in [0.1, 0.15) is 30.6 Å². The SMILES string of the molecule is CC1(C)C(O)CC1Nc1ncccc1C(N)=O. The van der Waals surface area contributed by atoms with Gasteiger partial charge in [-0.25, -0.2) is 4.98 Å². The number of aromatic nitrogens is 1. The number of carbonyl (C=O) groups excluding carboxylic acids is 1. The van der Waals surface area contributed by atoms with Crippen LogP contribution in [0.15, 0.2) is 18.3 Å². The van der Waals surface area contributed by atoms with Crippen molar-refractivity contribution in [2.75, 3.05) is 5.32 Å². The maximum Gasteiger partial charge on any atom is 0.252 e. The number of aliphatic hydroxyl groups is 1. The standard InChI is InChI=1S/C12H17N3O2/c1-12(2)8(6-9(12)16)15-11-7(10(13)17)4-3-5-14-11/h3-5,8-9,16H,6H2,1-2H3,(H2,13,17)(H,14,15). The molecule has 4 N–H and O–H groups in total. The molecule has 1 saturated carbocycles. The third kappa shape index (κ3) is 1.98. The first-order chi connectivity index (χ1) is 7.93. The van der Waals surface area contributed by atoms with Crippen LogP contribution in [0.2, 0.25) is 0 Å². The number of nitrogens with one attached hydrogen (secondary N) is 1. The summed E-state index contributed by atoms with van der Waals surface area (Å²) in [7, 11) is 0. The summed E-state index contributed by atoms with van der Waals surface area (Å²) in [6.45, 7) is 3.96. The lowest BCUT2D eigenvalue weighted by Gasteiger charge is -2.49. The number of pyridine rings is 1. The second-order valence-corrected chi connectivity index (χ2v) is 5.03. The molecular formula is C12H17N3O2. The molecule has 1 aliphatic rings. The molecule has 17 heavy (non-hydrogen) atoms. The smallest absolute Gasteiger partial charge is 0.252 e. The zero-order valence-corrected chi connectivity index (χ0v) is 9.97. The van der Waals surface area contributed by atoms with E-state index in [1.165, 1.54) is 0 Å². The number of primary amides is 1. The fourth-order valence-corrected chi connectivity index (χ4v) is 2.03. The topological polar surface area (TPSA) is 88.2 Å². The van der Waals surface area contributed by atoms with Gasteiger partial charge in [-0.05, 0) is 18.6 Å². The minimum Gasteiger partial charge on any atom is -0.392 e. The first-order valence-corrected chi connectivity index (χ1v) is 5.62. The quantitative estimate of drug-likeness (QED) is 0.721. The van der Waals surface area contributed by atoms with Gasteiger partial charge in [0.05, 0.1) is 11.7 Å². The van der Waals surface area contributed by atoms with Gasteiger partial charge in [-0.2, -0.15) is 0 Å². The normalized spacial score (nSPS) is 26.1. The van der Waals surface area contributed by atoms with Crippen molar-refractivity contribution in [3.8, 4) is 0 Å². The minimum absolute atomic E-state index is 0.102. The van der Waals surface area contributed by atoms with Gasteiger partial charge < -0.3 is 16.2 Å². The van der Waals surface area contributed by atoms with Crippen molar-refractivity contribution < 1.29 is 9.90 Å². The van der Waals surface area contributed by atoms with E-state index in [1.807, 2.05) is 13.8 Å². The highest BCUT2D eigenvalue weighted by Gasteiger charge is 2.47. The number of aliphatic hydroxyl groups excluding tert-OH is 1. The molecule has 1 aliphatic carbocycles. The van der Waals surface area contributed by atoms with Gasteiger partial charge in [0.15, 0.2) is 0 Å². The highest BCUT2D eigenvalue weighted by Crippen LogP contribution is 2.42. The zero-order chi connectivity index (χ0) is 12.6. The number of amides is 1. The molecule has 0 spiro atoms. The Morgan fingerprint density at radius 1 is 1.65 bits per heavy atom. The highest BCUT2D eigenvalue weighted by molar-refractivity contribution is 5.97. The van der Waals surface area contributed by atoms with Gasteiger partial charge >= 0.3 is 0 Å². The van der Waals surface area contributed by atoms with Crippen molar-refractivity contribution in [2.24, 2.45) is 11.1 Å². The number of carbonyl (C=O) groups is 1. The van der Waals surface area contributed by atoms with Crippen LogP contribution in [0.3, 0.4) is 0 Å². The predicted molar refractivity (Wildman–Crippen MR) is 64.6 cm³/mol. The molecule has 2 unspecified atom stereocenters. The van der Waals surface area contributed by atoms with E-state index in [0.717, 1.165) is 0 Å². The summed E-state index contributed by atoms with van der Waals surface area (Å²) in [5.41, 5.74) is 5.44. The summed E-state index contributed by atoms with van der Waals surface area (Å²) >= 11 is 0. The van der Waals surface area contributed by atoms with Gasteiger partial charge in [0.25, 0.3) is 5.91 Å². The fraction of sp³-hybridized carbons (Fsp3) is 0.500. The summed E-state index contributed by atoms with van der Waals surface area (Å²) in [5, 5.41) is 12.8. The largest absolute Gasteiger partial charge is 0.392 e. The van der Waals surface area contributed by atoms with Crippen molar-refractivity contribution in [2.45, 2.75) is 32.4 Å². The maximum absolute atomic E-state index is 11.2. The summed E-state index contributed by atoms with van der Waals surface area (Å²) < 4.78 is 0. The number of anilines is 1. The Balaban J connectivity index is 2.18. The van der Waals surface area contributed by atoms with E-state index in [9.17, 15) is 9.90 Å². The Bertz CT molecular complexity index is 445. The second-order valence-electron chi connectivity index (χ2n) is 5.03. The first-order valence-electron chi connectivity index (χ1n) is 5.62. The van der Waals surface area contributed by atoms with Gasteiger partial charge in [0, 0.05) is 17.7 Å². The first kappa shape index (κ1) is 11.9. The summed E-state index contributed by atoms with van der Waals surface area (Å²) in [6, 6.07) is 3.41. The van der Waals surface area contributed by atoms with Crippen LogP contribution in [0.4, 0.5) is 5.82 Å². The molecule has 0 saturated heterocycles. The van der Waals surface area contributed by atoms with Gasteiger partial charge in [-0.15, -0.1) is 0 Å². The molecule has 1 aromatic rings. The van der Waals surface area contributed by atoms with Crippen molar-refractivity contribution in [3.63, 3.8) is 0 Å². The molecule has 5 nitrogen and oxygen atoms in total. The minimum atomic E-state index is -0.502. The van der Waals surface area contributed by atoms with Gasteiger partial charge in [0.2, 0.25) is 0 Å². The molecule has 1 amide bonds. The third-order valence-electron chi connectivity index (χ3n) is 3.60. The molecule has 0 aliphatic heterocycles. The zero-order valence-electron chi connectivity index (χ0n) is 9.97. The van der Waals surface area contributed by atoms with Crippen LogP contribution < -0.4 is 11.1 Å². The van der Waals surface area contributed by atoms with Gasteiger partial charge in [-0.3, -0.25) is 4.79 Å². The van der Waals surface area contributed by atoms with E-state index in [2.05, 4.69) is 10.3 Å². The molecular weight excluding hydrogens is 218 g/mol. The average Bonchev–Trinajstić information content (AvgIpc) is 2.29. The van der Waals surface area contributed by atoms with Crippen molar-refractivity contribution in [3.05, 3.63) is 23.9 Å². The number of nitrogens with zero attached hydrogens (tertiary/aromatic N) is 1. The van der Waals surface area contributed by atoms with Crippen molar-refractivity contribution in [1.82, 2.24) is 4.98 Å². The van der Waals surface area contributed by atoms with E-state index in [4.69, 9.17) is 5.73 Å². The van der Waals surface area contributed by atoms with Crippen LogP contribution in [0.25, 0.3) is 0 Å². The number of hydrogen-bond donors (Lipinski definition) is 3. The molecule has 2 rings (SSSR count). The molecule has 1 fully saturated rings. The Hall–Kier alpha value is -1.62. The van der Waals surface area contributed by atoms with Crippen LogP contribution in [-0.2, 0) is 0 Å². The number of nitrogens with two attached hydrogens (primary N) is 1. The van der Waals surface area contributed by atoms with E-state index >= 15 is 0 Å². The lowest BCUT2D eigenvalue weighted by molar-refractivity contribution is -0.0511. The molecule has 1 heterocycles. The number of hydrogen-bond acceptors (Lipinski definition) is 4. The molecule has 5 heteroatoms. The molecule has 0 bridgehead atoms. The lowest BCUT2D eigenvalue weighted by Crippen LogP contribution is -2.57. The molecule has 0 aromatic carbocycles. The molecule has 2 atom stereocenters. The van der Waals surface area contributed by atoms with Crippen LogP contribution in [0, 0.1) is 5.41 Å². The Morgan fingerprint density at radius 2 is 2.35 bits per heavy atom. The Morgan fingerprint density at radius 3 is 2.88 bits per heavy atom. The Labute approximate surface area is 100 Å². The van der Waals surface area contributed by atoms with E-state index in [0.29, 0.717) is 17.8 Å². The molecule has 92 valence electrons.